The fraction of sp³-hybridized carbons (Fsp3) is 0.188. The van der Waals surface area contributed by atoms with Gasteiger partial charge in [-0.25, -0.2) is 0 Å². The van der Waals surface area contributed by atoms with Crippen molar-refractivity contribution < 1.29 is 9.21 Å². The zero-order chi connectivity index (χ0) is 13.4. The van der Waals surface area contributed by atoms with Gasteiger partial charge < -0.3 is 4.42 Å². The van der Waals surface area contributed by atoms with Gasteiger partial charge in [0.15, 0.2) is 5.78 Å². The van der Waals surface area contributed by atoms with Crippen LogP contribution in [0.2, 0.25) is 19.6 Å². The van der Waals surface area contributed by atoms with Crippen molar-refractivity contribution in [2.45, 2.75) is 19.6 Å². The van der Waals surface area contributed by atoms with Crippen molar-refractivity contribution in [3.8, 4) is 0 Å². The summed E-state index contributed by atoms with van der Waals surface area (Å²) in [7, 11) is -1.60. The molecule has 0 saturated heterocycles. The molecule has 4 rings (SSSR count). The Hall–Kier alpha value is -1.87. The van der Waals surface area contributed by atoms with E-state index in [0.29, 0.717) is 0 Å². The molecule has 3 aromatic rings. The van der Waals surface area contributed by atoms with Crippen molar-refractivity contribution in [1.29, 1.82) is 0 Å². The molecule has 0 unspecified atom stereocenters. The minimum Gasteiger partial charge on any atom is -0.455 e. The average molecular weight is 266 g/mol. The Balaban J connectivity index is 2.09. The summed E-state index contributed by atoms with van der Waals surface area (Å²) in [5.74, 6) is 0.189. The number of allylic oxidation sites excluding steroid dienone is 1. The van der Waals surface area contributed by atoms with Crippen molar-refractivity contribution in [1.82, 2.24) is 0 Å². The molecular formula is C16H14O2Si. The lowest BCUT2D eigenvalue weighted by atomic mass is 10.0. The molecule has 1 aromatic carbocycles. The van der Waals surface area contributed by atoms with E-state index in [1.807, 2.05) is 18.2 Å². The molecule has 94 valence electrons. The average Bonchev–Trinajstić information content (AvgIpc) is 2.98. The highest BCUT2D eigenvalue weighted by Crippen LogP contribution is 2.45. The Morgan fingerprint density at radius 2 is 1.63 bits per heavy atom. The lowest BCUT2D eigenvalue weighted by molar-refractivity contribution is 0.104. The molecule has 3 heteroatoms. The quantitative estimate of drug-likeness (QED) is 0.608. The topological polar surface area (TPSA) is 30.2 Å². The molecule has 0 aliphatic heterocycles. The monoisotopic (exact) mass is 266 g/mol. The molecule has 0 radical (unpaired) electrons. The minimum atomic E-state index is -1.60. The van der Waals surface area contributed by atoms with Crippen molar-refractivity contribution in [3.63, 3.8) is 0 Å². The number of hydrogen-bond donors (Lipinski definition) is 0. The van der Waals surface area contributed by atoms with Crippen molar-refractivity contribution in [3.05, 3.63) is 40.6 Å². The molecule has 0 spiro atoms. The summed E-state index contributed by atoms with van der Waals surface area (Å²) in [5, 5.41) is 3.20. The van der Waals surface area contributed by atoms with Gasteiger partial charge in [-0.15, -0.1) is 0 Å². The summed E-state index contributed by atoms with van der Waals surface area (Å²) in [5.41, 5.74) is 3.46. The summed E-state index contributed by atoms with van der Waals surface area (Å²) < 4.78 is 5.85. The van der Waals surface area contributed by atoms with E-state index in [9.17, 15) is 4.79 Å². The maximum atomic E-state index is 12.6. The lowest BCUT2D eigenvalue weighted by Gasteiger charge is -2.16. The van der Waals surface area contributed by atoms with Gasteiger partial charge in [0.2, 0.25) is 0 Å². The Morgan fingerprint density at radius 3 is 2.26 bits per heavy atom. The van der Waals surface area contributed by atoms with Crippen LogP contribution in [0.4, 0.5) is 0 Å². The zero-order valence-electron chi connectivity index (χ0n) is 11.2. The normalized spacial score (nSPS) is 15.5. The predicted molar refractivity (Wildman–Crippen MR) is 80.6 cm³/mol. The van der Waals surface area contributed by atoms with E-state index in [1.54, 1.807) is 0 Å². The number of carbonyl (C=O) groups is 1. The van der Waals surface area contributed by atoms with Gasteiger partial charge >= 0.3 is 0 Å². The first kappa shape index (κ1) is 11.0. The lowest BCUT2D eigenvalue weighted by Crippen LogP contribution is -2.27. The molecule has 0 saturated carbocycles. The Bertz CT molecular complexity index is 862. The van der Waals surface area contributed by atoms with Gasteiger partial charge in [-0.05, 0) is 11.3 Å². The van der Waals surface area contributed by atoms with Crippen LogP contribution < -0.4 is 0 Å². The van der Waals surface area contributed by atoms with E-state index in [4.69, 9.17) is 4.42 Å². The van der Waals surface area contributed by atoms with Crippen molar-refractivity contribution in [2.75, 3.05) is 0 Å². The zero-order valence-corrected chi connectivity index (χ0v) is 12.2. The smallest absolute Gasteiger partial charge is 0.189 e. The van der Waals surface area contributed by atoms with Gasteiger partial charge in [0.05, 0.1) is 13.6 Å². The summed E-state index contributed by atoms with van der Waals surface area (Å²) >= 11 is 0. The number of hydrogen-bond acceptors (Lipinski definition) is 2. The number of ketones is 1. The van der Waals surface area contributed by atoms with E-state index in [0.717, 1.165) is 38.3 Å². The third-order valence-electron chi connectivity index (χ3n) is 3.93. The Kier molecular flexibility index (Phi) is 1.83. The summed E-state index contributed by atoms with van der Waals surface area (Å²) in [4.78, 5) is 12.6. The molecule has 2 heterocycles. The second-order valence-corrected chi connectivity index (χ2v) is 11.3. The highest BCUT2D eigenvalue weighted by atomic mass is 28.3. The van der Waals surface area contributed by atoms with Crippen LogP contribution >= 0.6 is 0 Å². The number of rotatable bonds is 1. The maximum Gasteiger partial charge on any atom is 0.189 e. The largest absolute Gasteiger partial charge is 0.455 e. The second-order valence-electron chi connectivity index (χ2n) is 6.23. The summed E-state index contributed by atoms with van der Waals surface area (Å²) in [6.45, 7) is 6.64. The third-order valence-corrected chi connectivity index (χ3v) is 5.92. The number of carbonyl (C=O) groups excluding carboxylic acids is 1. The number of fused-ring (bicyclic) bond motifs is 8. The van der Waals surface area contributed by atoms with Crippen LogP contribution in [0.15, 0.2) is 33.9 Å². The molecule has 1 aliphatic carbocycles. The molecular weight excluding hydrogens is 252 g/mol. The van der Waals surface area contributed by atoms with E-state index in [-0.39, 0.29) is 5.78 Å². The van der Waals surface area contributed by atoms with Gasteiger partial charge in [0.25, 0.3) is 0 Å². The fourth-order valence-corrected chi connectivity index (χ4v) is 4.36. The Labute approximate surface area is 112 Å². The molecule has 2 bridgehead atoms. The number of furan rings is 2. The molecule has 0 atom stereocenters. The van der Waals surface area contributed by atoms with Crippen LogP contribution in [-0.2, 0) is 0 Å². The molecule has 0 N–H and O–H groups in total. The van der Waals surface area contributed by atoms with Gasteiger partial charge in [0.1, 0.15) is 11.2 Å². The van der Waals surface area contributed by atoms with Crippen molar-refractivity contribution >= 4 is 41.9 Å². The van der Waals surface area contributed by atoms with Crippen LogP contribution in [0.25, 0.3) is 28.0 Å². The highest BCUT2D eigenvalue weighted by molar-refractivity contribution is 6.89. The van der Waals surface area contributed by atoms with E-state index < -0.39 is 8.07 Å². The standard InChI is InChI=1S/C16H14O2Si/c1-19(2,3)12-8-11-13(14(12)17)16-10-7-5-4-6-9(10)15(11)18-16/h4-8H,1-3H3. The van der Waals surface area contributed by atoms with Crippen LogP contribution in [0, 0.1) is 0 Å². The van der Waals surface area contributed by atoms with Gasteiger partial charge in [-0.2, -0.15) is 0 Å². The SMILES string of the molecule is C[Si](C)(C)C1=Cc2c(c3oc2c2ccccc32)C1=O. The first-order valence-corrected chi connectivity index (χ1v) is 10.0. The number of Topliss-reactive ketones (excluding diaryl/α,β-unsaturated/α-hetero) is 1. The molecule has 2 nitrogen and oxygen atoms in total. The molecule has 0 fully saturated rings. The first-order chi connectivity index (χ1) is 8.98. The maximum absolute atomic E-state index is 12.6. The summed E-state index contributed by atoms with van der Waals surface area (Å²) in [6, 6.07) is 8.09. The minimum absolute atomic E-state index is 0.189. The third kappa shape index (κ3) is 1.23. The van der Waals surface area contributed by atoms with Gasteiger partial charge in [-0.3, -0.25) is 4.79 Å². The van der Waals surface area contributed by atoms with Crippen LogP contribution in [0.1, 0.15) is 15.9 Å². The fourth-order valence-electron chi connectivity index (χ4n) is 2.98. The molecule has 2 aromatic heterocycles. The number of benzene rings is 2. The van der Waals surface area contributed by atoms with Gasteiger partial charge in [0, 0.05) is 16.3 Å². The van der Waals surface area contributed by atoms with E-state index in [2.05, 4.69) is 31.8 Å². The summed E-state index contributed by atoms with van der Waals surface area (Å²) in [6.07, 6.45) is 2.07. The Morgan fingerprint density at radius 1 is 1.00 bits per heavy atom. The molecule has 0 amide bonds. The van der Waals surface area contributed by atoms with E-state index in [1.165, 1.54) is 0 Å². The van der Waals surface area contributed by atoms with Crippen molar-refractivity contribution in [2.24, 2.45) is 0 Å². The highest BCUT2D eigenvalue weighted by Gasteiger charge is 2.37. The predicted octanol–water partition coefficient (Wildman–Crippen LogP) is 4.48. The first-order valence-electron chi connectivity index (χ1n) is 6.52. The second kappa shape index (κ2) is 3.17. The van der Waals surface area contributed by atoms with Crippen LogP contribution in [0.5, 0.6) is 0 Å². The van der Waals surface area contributed by atoms with E-state index >= 15 is 0 Å². The van der Waals surface area contributed by atoms with Gasteiger partial charge in [-0.1, -0.05) is 43.9 Å². The molecule has 1 aliphatic rings. The van der Waals surface area contributed by atoms with Crippen LogP contribution in [0.3, 0.4) is 0 Å². The molecule has 19 heavy (non-hydrogen) atoms. The van der Waals surface area contributed by atoms with Crippen LogP contribution in [-0.4, -0.2) is 13.9 Å².